The van der Waals surface area contributed by atoms with E-state index in [-0.39, 0.29) is 26.6 Å². The monoisotopic (exact) mass is 388 g/mol. The van der Waals surface area contributed by atoms with Gasteiger partial charge in [0.1, 0.15) is 11.3 Å². The molecule has 5 heteroatoms. The molecule has 1 aromatic heterocycles. The van der Waals surface area contributed by atoms with E-state index in [1.165, 1.54) is 7.11 Å². The molecule has 0 aliphatic carbocycles. The van der Waals surface area contributed by atoms with Gasteiger partial charge in [0.15, 0.2) is 5.75 Å². The van der Waals surface area contributed by atoms with Crippen molar-refractivity contribution in [3.63, 3.8) is 0 Å². The van der Waals surface area contributed by atoms with E-state index in [1.54, 1.807) is 25.3 Å². The molecule has 4 nitrogen and oxygen atoms in total. The molecule has 0 radical (unpaired) electrons. The molecule has 0 fully saturated rings. The number of benzene rings is 1. The quantitative estimate of drug-likeness (QED) is 0.791. The van der Waals surface area contributed by atoms with Crippen molar-refractivity contribution in [1.29, 1.82) is 0 Å². The minimum absolute atomic E-state index is 0. The third-order valence-corrected chi connectivity index (χ3v) is 2.21. The molecule has 1 N–H and O–H groups in total. The maximum Gasteiger partial charge on any atom is 0.158 e. The molecule has 0 spiro atoms. The van der Waals surface area contributed by atoms with Gasteiger partial charge in [-0.05, 0) is 6.07 Å². The standard InChI is InChI=1S/C11H10NO3.W/c1-14-9-5-7-3-4-12-11(13)8(7)6-10(9)15-2;/h3,5-6H,1-2H3,(H,12,13);/q-1;. The van der Waals surface area contributed by atoms with Gasteiger partial charge in [-0.1, -0.05) is 11.5 Å². The fraction of sp³-hybridized carbons (Fsp3) is 0.182. The van der Waals surface area contributed by atoms with Gasteiger partial charge in [0.2, 0.25) is 0 Å². The van der Waals surface area contributed by atoms with E-state index in [9.17, 15) is 4.79 Å². The Morgan fingerprint density at radius 1 is 1.19 bits per heavy atom. The normalized spacial score (nSPS) is 9.62. The summed E-state index contributed by atoms with van der Waals surface area (Å²) in [5.41, 5.74) is -0.187. The Morgan fingerprint density at radius 3 is 2.44 bits per heavy atom. The van der Waals surface area contributed by atoms with Crippen molar-refractivity contribution in [2.24, 2.45) is 0 Å². The number of nitrogens with one attached hydrogen (secondary N) is 1. The first-order valence-corrected chi connectivity index (χ1v) is 4.41. The third-order valence-electron chi connectivity index (χ3n) is 2.21. The Balaban J connectivity index is 0.00000128. The molecular weight excluding hydrogens is 378 g/mol. The van der Waals surface area contributed by atoms with Gasteiger partial charge in [-0.15, -0.1) is 11.6 Å². The van der Waals surface area contributed by atoms with Crippen molar-refractivity contribution in [3.8, 4) is 11.5 Å². The fourth-order valence-electron chi connectivity index (χ4n) is 1.46. The Morgan fingerprint density at radius 2 is 1.81 bits per heavy atom. The Bertz CT molecular complexity index is 550. The summed E-state index contributed by atoms with van der Waals surface area (Å²) in [5, 5.41) is 1.34. The smallest absolute Gasteiger partial charge is 0.158 e. The average Bonchev–Trinajstić information content (AvgIpc) is 2.28. The molecule has 0 atom stereocenters. The summed E-state index contributed by atoms with van der Waals surface area (Å²) in [5.74, 6) is 1.14. The summed E-state index contributed by atoms with van der Waals surface area (Å²) in [6.45, 7) is 0. The maximum atomic E-state index is 11.5. The number of fused-ring (bicyclic) bond motifs is 1. The molecule has 84 valence electrons. The molecule has 16 heavy (non-hydrogen) atoms. The van der Waals surface area contributed by atoms with Crippen molar-refractivity contribution in [3.05, 3.63) is 34.7 Å². The van der Waals surface area contributed by atoms with Gasteiger partial charge in [0.05, 0.1) is 14.2 Å². The van der Waals surface area contributed by atoms with Crippen molar-refractivity contribution in [1.82, 2.24) is 4.98 Å². The number of aromatic nitrogens is 1. The summed E-state index contributed by atoms with van der Waals surface area (Å²) in [7, 11) is 3.09. The summed E-state index contributed by atoms with van der Waals surface area (Å²) < 4.78 is 10.2. The number of H-pyrrole nitrogens is 1. The molecule has 0 aliphatic heterocycles. The summed E-state index contributed by atoms with van der Waals surface area (Å²) in [4.78, 5) is 13.9. The maximum absolute atomic E-state index is 11.5. The van der Waals surface area contributed by atoms with Crippen LogP contribution in [0, 0.1) is 6.20 Å². The SMILES string of the molecule is COc1cc2c[c-][nH]c(=O)c2cc1OC.[W]. The van der Waals surface area contributed by atoms with Crippen LogP contribution in [0.25, 0.3) is 10.8 Å². The van der Waals surface area contributed by atoms with E-state index >= 15 is 0 Å². The minimum atomic E-state index is -0.187. The largest absolute Gasteiger partial charge is 0.494 e. The number of hydrogen-bond acceptors (Lipinski definition) is 3. The number of aromatic amines is 1. The van der Waals surface area contributed by atoms with Crippen molar-refractivity contribution >= 4 is 10.8 Å². The van der Waals surface area contributed by atoms with Crippen LogP contribution in [-0.2, 0) is 21.1 Å². The summed E-state index contributed by atoms with van der Waals surface area (Å²) in [6.07, 6.45) is 2.66. The van der Waals surface area contributed by atoms with Crippen LogP contribution >= 0.6 is 0 Å². The van der Waals surface area contributed by atoms with E-state index in [0.717, 1.165) is 5.39 Å². The van der Waals surface area contributed by atoms with E-state index in [1.807, 2.05) is 0 Å². The number of pyridine rings is 1. The van der Waals surface area contributed by atoms with Crippen molar-refractivity contribution in [2.75, 3.05) is 14.2 Å². The zero-order valence-corrected chi connectivity index (χ0v) is 11.8. The van der Waals surface area contributed by atoms with Gasteiger partial charge in [0.25, 0.3) is 0 Å². The van der Waals surface area contributed by atoms with Crippen LogP contribution in [0.1, 0.15) is 0 Å². The van der Waals surface area contributed by atoms with Crippen LogP contribution in [0.4, 0.5) is 0 Å². The van der Waals surface area contributed by atoms with Gasteiger partial charge in [-0.25, -0.2) is 0 Å². The second kappa shape index (κ2) is 5.17. The van der Waals surface area contributed by atoms with E-state index in [4.69, 9.17) is 9.47 Å². The molecular formula is C11H10NO3W-. The molecule has 1 heterocycles. The summed E-state index contributed by atoms with van der Waals surface area (Å²) in [6, 6.07) is 5.10. The topological polar surface area (TPSA) is 51.3 Å². The molecule has 0 amide bonds. The van der Waals surface area contributed by atoms with Crippen LogP contribution < -0.4 is 15.0 Å². The molecule has 0 unspecified atom stereocenters. The van der Waals surface area contributed by atoms with Crippen LogP contribution in [0.5, 0.6) is 11.5 Å². The predicted molar refractivity (Wildman–Crippen MR) is 56.5 cm³/mol. The van der Waals surface area contributed by atoms with Crippen LogP contribution in [-0.4, -0.2) is 19.2 Å². The Hall–Kier alpha value is -1.28. The van der Waals surface area contributed by atoms with Crippen LogP contribution in [0.3, 0.4) is 0 Å². The van der Waals surface area contributed by atoms with Crippen molar-refractivity contribution in [2.45, 2.75) is 0 Å². The fourth-order valence-corrected chi connectivity index (χ4v) is 1.46. The molecule has 0 saturated carbocycles. The number of methoxy groups -OCH3 is 2. The van der Waals surface area contributed by atoms with E-state index < -0.39 is 0 Å². The molecule has 0 aliphatic rings. The van der Waals surface area contributed by atoms with Crippen molar-refractivity contribution < 1.29 is 30.5 Å². The second-order valence-electron chi connectivity index (χ2n) is 3.04. The summed E-state index contributed by atoms with van der Waals surface area (Å²) >= 11 is 0. The van der Waals surface area contributed by atoms with E-state index in [2.05, 4.69) is 11.2 Å². The molecule has 1 aromatic carbocycles. The Labute approximate surface area is 107 Å². The third kappa shape index (κ3) is 2.12. The van der Waals surface area contributed by atoms with Crippen LogP contribution in [0.15, 0.2) is 23.0 Å². The molecule has 2 aromatic rings. The minimum Gasteiger partial charge on any atom is -0.494 e. The second-order valence-corrected chi connectivity index (χ2v) is 3.04. The average molecular weight is 388 g/mol. The first kappa shape index (κ1) is 12.8. The van der Waals surface area contributed by atoms with E-state index in [0.29, 0.717) is 16.9 Å². The van der Waals surface area contributed by atoms with Gasteiger partial charge < -0.3 is 19.3 Å². The van der Waals surface area contributed by atoms with Gasteiger partial charge in [-0.2, -0.15) is 6.07 Å². The number of rotatable bonds is 2. The molecule has 2 rings (SSSR count). The number of hydrogen-bond donors (Lipinski definition) is 1. The predicted octanol–water partition coefficient (Wildman–Crippen LogP) is 1.34. The molecule has 0 bridgehead atoms. The Kier molecular flexibility index (Phi) is 4.13. The number of ether oxygens (including phenoxy) is 2. The van der Waals surface area contributed by atoms with Gasteiger partial charge in [0, 0.05) is 21.1 Å². The van der Waals surface area contributed by atoms with Crippen LogP contribution in [0.2, 0.25) is 0 Å². The molecule has 0 saturated heterocycles. The first-order valence-electron chi connectivity index (χ1n) is 4.41. The van der Waals surface area contributed by atoms with Gasteiger partial charge in [-0.3, -0.25) is 0 Å². The van der Waals surface area contributed by atoms with Gasteiger partial charge >= 0.3 is 0 Å². The zero-order chi connectivity index (χ0) is 10.8. The first-order chi connectivity index (χ1) is 7.26. The zero-order valence-electron chi connectivity index (χ0n) is 8.87.